The van der Waals surface area contributed by atoms with Crippen molar-refractivity contribution in [3.63, 3.8) is 0 Å². The summed E-state index contributed by atoms with van der Waals surface area (Å²) in [4.78, 5) is 12.0. The maximum atomic E-state index is 15.2. The quantitative estimate of drug-likeness (QED) is 0.145. The molecule has 4 aromatic carbocycles. The van der Waals surface area contributed by atoms with Crippen LogP contribution in [-0.4, -0.2) is 32.4 Å². The maximum Gasteiger partial charge on any atom is 0.337 e. The van der Waals surface area contributed by atoms with Gasteiger partial charge in [0.15, 0.2) is 0 Å². The van der Waals surface area contributed by atoms with E-state index in [1.807, 2.05) is 6.08 Å². The number of allylic oxidation sites excluding steroid dienone is 4. The predicted molar refractivity (Wildman–Crippen MR) is 196 cm³/mol. The zero-order chi connectivity index (χ0) is 38.0. The van der Waals surface area contributed by atoms with E-state index in [1.54, 1.807) is 12.1 Å². The lowest BCUT2D eigenvalue weighted by Crippen LogP contribution is -2.12. The highest BCUT2D eigenvalue weighted by molar-refractivity contribution is 5.94. The van der Waals surface area contributed by atoms with Crippen molar-refractivity contribution in [2.75, 3.05) is 21.3 Å². The second-order valence-corrected chi connectivity index (χ2v) is 14.3. The summed E-state index contributed by atoms with van der Waals surface area (Å²) in [5, 5.41) is 9.48. The lowest BCUT2D eigenvalue weighted by Gasteiger charge is -2.26. The first-order valence-electron chi connectivity index (χ1n) is 17.1. The molecule has 0 saturated heterocycles. The Morgan fingerprint density at radius 1 is 0.635 bits per heavy atom. The molecule has 9 heteroatoms. The second kappa shape index (κ2) is 15.4. The van der Waals surface area contributed by atoms with Crippen LogP contribution in [0.1, 0.15) is 80.4 Å². The Hall–Kier alpha value is -4.89. The first-order valence-corrected chi connectivity index (χ1v) is 17.1. The molecule has 0 radical (unpaired) electrons. The van der Waals surface area contributed by atoms with Crippen LogP contribution in [0.25, 0.3) is 33.4 Å². The van der Waals surface area contributed by atoms with Gasteiger partial charge in [-0.05, 0) is 125 Å². The molecule has 4 aromatic rings. The van der Waals surface area contributed by atoms with Gasteiger partial charge in [-0.1, -0.05) is 39.8 Å². The lowest BCUT2D eigenvalue weighted by molar-refractivity contribution is 0.0600. The first kappa shape index (κ1) is 38.3. The van der Waals surface area contributed by atoms with Crippen LogP contribution in [0.5, 0.6) is 11.5 Å². The van der Waals surface area contributed by atoms with Crippen molar-refractivity contribution in [3.8, 4) is 33.8 Å². The summed E-state index contributed by atoms with van der Waals surface area (Å²) in [7, 11) is 4.21. The SMILES string of the molecule is COC(=O)c1cc(F)c(-c2cc(OC)ccc2F)c(C2=CCCC2(C)C)c1.COc1ccc(F)c(-c2c(F)cc(CO)cc2C2=CCCC2(C)C)c1. The summed E-state index contributed by atoms with van der Waals surface area (Å²) >= 11 is 0. The van der Waals surface area contributed by atoms with Crippen molar-refractivity contribution >= 4 is 17.1 Å². The summed E-state index contributed by atoms with van der Waals surface area (Å²) in [5.41, 5.74) is 3.85. The van der Waals surface area contributed by atoms with Gasteiger partial charge < -0.3 is 19.3 Å². The number of benzene rings is 4. The van der Waals surface area contributed by atoms with Gasteiger partial charge in [0.05, 0.1) is 33.5 Å². The van der Waals surface area contributed by atoms with Gasteiger partial charge in [-0.3, -0.25) is 0 Å². The molecule has 0 aliphatic heterocycles. The molecule has 6 rings (SSSR count). The number of aliphatic hydroxyl groups excluding tert-OH is 1. The number of esters is 1. The number of hydrogen-bond donors (Lipinski definition) is 1. The zero-order valence-electron chi connectivity index (χ0n) is 30.6. The normalized spacial score (nSPS) is 15.7. The van der Waals surface area contributed by atoms with E-state index < -0.39 is 29.2 Å². The fourth-order valence-corrected chi connectivity index (χ4v) is 7.14. The molecule has 0 spiro atoms. The molecule has 5 nitrogen and oxygen atoms in total. The average molecular weight is 717 g/mol. The maximum absolute atomic E-state index is 15.2. The van der Waals surface area contributed by atoms with E-state index >= 15 is 4.39 Å². The minimum atomic E-state index is -0.677. The monoisotopic (exact) mass is 716 g/mol. The van der Waals surface area contributed by atoms with E-state index in [9.17, 15) is 23.1 Å². The number of hydrogen-bond acceptors (Lipinski definition) is 5. The van der Waals surface area contributed by atoms with E-state index in [0.29, 0.717) is 28.2 Å². The summed E-state index contributed by atoms with van der Waals surface area (Å²) < 4.78 is 74.4. The van der Waals surface area contributed by atoms with Crippen molar-refractivity contribution in [3.05, 3.63) is 118 Å². The second-order valence-electron chi connectivity index (χ2n) is 14.3. The third-order valence-corrected chi connectivity index (χ3v) is 10.0. The number of ether oxygens (including phenoxy) is 3. The Balaban J connectivity index is 0.000000202. The Kier molecular flexibility index (Phi) is 11.3. The third kappa shape index (κ3) is 7.65. The number of aliphatic hydroxyl groups is 1. The molecule has 2 aliphatic rings. The van der Waals surface area contributed by atoms with Crippen LogP contribution < -0.4 is 9.47 Å². The largest absolute Gasteiger partial charge is 0.497 e. The van der Waals surface area contributed by atoms with Gasteiger partial charge >= 0.3 is 5.97 Å². The summed E-state index contributed by atoms with van der Waals surface area (Å²) in [6.45, 7) is 8.04. The van der Waals surface area contributed by atoms with Crippen molar-refractivity contribution < 1.29 is 41.7 Å². The van der Waals surface area contributed by atoms with Crippen LogP contribution >= 0.6 is 0 Å². The van der Waals surface area contributed by atoms with Crippen molar-refractivity contribution in [2.45, 2.75) is 60.0 Å². The Morgan fingerprint density at radius 3 is 1.50 bits per heavy atom. The number of methoxy groups -OCH3 is 3. The Bertz CT molecular complexity index is 2060. The van der Waals surface area contributed by atoms with Gasteiger partial charge in [-0.2, -0.15) is 0 Å². The van der Waals surface area contributed by atoms with Crippen molar-refractivity contribution in [2.24, 2.45) is 10.8 Å². The van der Waals surface area contributed by atoms with Gasteiger partial charge in [0.25, 0.3) is 0 Å². The molecule has 0 bridgehead atoms. The van der Waals surface area contributed by atoms with Crippen LogP contribution in [0.2, 0.25) is 0 Å². The van der Waals surface area contributed by atoms with Gasteiger partial charge in [-0.15, -0.1) is 0 Å². The van der Waals surface area contributed by atoms with Crippen molar-refractivity contribution in [1.29, 1.82) is 0 Å². The highest BCUT2D eigenvalue weighted by atomic mass is 19.1. The van der Waals surface area contributed by atoms with Gasteiger partial charge in [0.2, 0.25) is 0 Å². The standard InChI is InChI=1S/C22H22F2O3.C21H22F2O2/c1-22(2)9-5-6-17(22)15-10-13(21(25)27-4)11-19(24)20(15)16-12-14(26-3)7-8-18(16)23;1-21(2)8-4-5-17(21)15-9-13(12-24)10-19(23)20(15)16-11-14(25-3)6-7-18(16)22/h6-8,10-12H,5,9H2,1-4H3;5-7,9-11,24H,4,8,12H2,1-3H3. The number of halogens is 4. The van der Waals surface area contributed by atoms with Gasteiger partial charge in [-0.25, -0.2) is 22.4 Å². The molecule has 0 heterocycles. The van der Waals surface area contributed by atoms with E-state index in [0.717, 1.165) is 42.9 Å². The molecule has 2 aliphatic carbocycles. The molecular formula is C43H44F4O5. The Morgan fingerprint density at radius 2 is 1.10 bits per heavy atom. The highest BCUT2D eigenvalue weighted by Crippen LogP contribution is 2.49. The molecule has 0 saturated carbocycles. The molecule has 1 N–H and O–H groups in total. The van der Waals surface area contributed by atoms with Crippen LogP contribution in [0.15, 0.2) is 72.8 Å². The molecule has 0 aromatic heterocycles. The van der Waals surface area contributed by atoms with Crippen LogP contribution in [0, 0.1) is 34.1 Å². The molecule has 0 unspecified atom stereocenters. The zero-order valence-corrected chi connectivity index (χ0v) is 30.6. The third-order valence-electron chi connectivity index (χ3n) is 10.0. The minimum Gasteiger partial charge on any atom is -0.497 e. The summed E-state index contributed by atoms with van der Waals surface area (Å²) in [6.07, 6.45) is 7.69. The minimum absolute atomic E-state index is 0.0978. The number of carbonyl (C=O) groups excluding carboxylic acids is 1. The molecule has 274 valence electrons. The number of carbonyl (C=O) groups is 1. The summed E-state index contributed by atoms with van der Waals surface area (Å²) in [5.74, 6) is -2.03. The Labute approximate surface area is 302 Å². The molecule has 0 fully saturated rings. The lowest BCUT2D eigenvalue weighted by atomic mass is 9.79. The molecule has 52 heavy (non-hydrogen) atoms. The number of rotatable bonds is 8. The molecular weight excluding hydrogens is 672 g/mol. The van der Waals surface area contributed by atoms with Crippen molar-refractivity contribution in [1.82, 2.24) is 0 Å². The summed E-state index contributed by atoms with van der Waals surface area (Å²) in [6, 6.07) is 14.2. The predicted octanol–water partition coefficient (Wildman–Crippen LogP) is 11.0. The smallest absolute Gasteiger partial charge is 0.337 e. The topological polar surface area (TPSA) is 65.0 Å². The fourth-order valence-electron chi connectivity index (χ4n) is 7.14. The van der Waals surface area contributed by atoms with E-state index in [-0.39, 0.29) is 45.3 Å². The molecule has 0 amide bonds. The van der Waals surface area contributed by atoms with E-state index in [2.05, 4.69) is 33.8 Å². The van der Waals surface area contributed by atoms with Crippen LogP contribution in [0.4, 0.5) is 17.6 Å². The van der Waals surface area contributed by atoms with Gasteiger partial charge in [0, 0.05) is 22.3 Å². The van der Waals surface area contributed by atoms with Crippen LogP contribution in [0.3, 0.4) is 0 Å². The van der Waals surface area contributed by atoms with E-state index in [1.165, 1.54) is 63.8 Å². The highest BCUT2D eigenvalue weighted by Gasteiger charge is 2.33. The fraction of sp³-hybridized carbons (Fsp3) is 0.326. The molecule has 0 atom stereocenters. The average Bonchev–Trinajstić information content (AvgIpc) is 3.67. The van der Waals surface area contributed by atoms with Crippen LogP contribution in [-0.2, 0) is 11.3 Å². The van der Waals surface area contributed by atoms with E-state index in [4.69, 9.17) is 14.2 Å². The van der Waals surface area contributed by atoms with Gasteiger partial charge in [0.1, 0.15) is 34.8 Å². The first-order chi connectivity index (χ1) is 24.6.